The van der Waals surface area contributed by atoms with Gasteiger partial charge in [0.2, 0.25) is 0 Å². The number of hydrogen-bond donors (Lipinski definition) is 2. The van der Waals surface area contributed by atoms with Crippen LogP contribution in [0, 0.1) is 6.92 Å². The molecule has 3 aromatic carbocycles. The van der Waals surface area contributed by atoms with Crippen LogP contribution in [-0.2, 0) is 17.8 Å². The average Bonchev–Trinajstić information content (AvgIpc) is 3.78. The number of carboxylic acids is 1. The maximum Gasteiger partial charge on any atom is 0.326 e. The SMILES string of the molecule is CSCCC(NC(=O)c1ccc(CN(C2CC2)C2(Cc3ccccc3)CCC2)cc1-c1ccccc1C)C(=O)O. The van der Waals surface area contributed by atoms with E-state index in [-0.39, 0.29) is 11.4 Å². The van der Waals surface area contributed by atoms with Crippen LogP contribution in [0.4, 0.5) is 0 Å². The Balaban J connectivity index is 1.46. The van der Waals surface area contributed by atoms with Crippen LogP contribution >= 0.6 is 11.8 Å². The number of hydrogen-bond acceptors (Lipinski definition) is 4. The third-order valence-corrected chi connectivity index (χ3v) is 9.23. The second kappa shape index (κ2) is 12.6. The molecule has 1 amide bonds. The fourth-order valence-electron chi connectivity index (χ4n) is 6.11. The van der Waals surface area contributed by atoms with Crippen molar-refractivity contribution in [3.8, 4) is 11.1 Å². The highest BCUT2D eigenvalue weighted by molar-refractivity contribution is 7.98. The number of nitrogens with zero attached hydrogens (tertiary/aromatic N) is 1. The molecule has 0 aliphatic heterocycles. The van der Waals surface area contributed by atoms with Crippen molar-refractivity contribution in [3.63, 3.8) is 0 Å². The van der Waals surface area contributed by atoms with Gasteiger partial charge in [0, 0.05) is 23.7 Å². The highest BCUT2D eigenvalue weighted by Crippen LogP contribution is 2.47. The summed E-state index contributed by atoms with van der Waals surface area (Å²) in [6.45, 7) is 2.91. The van der Waals surface area contributed by atoms with E-state index in [0.717, 1.165) is 29.7 Å². The minimum absolute atomic E-state index is 0.188. The molecule has 3 aromatic rings. The molecule has 0 aromatic heterocycles. The van der Waals surface area contributed by atoms with E-state index in [2.05, 4.69) is 71.7 Å². The van der Waals surface area contributed by atoms with Gasteiger partial charge in [-0.15, -0.1) is 0 Å². The Bertz CT molecular complexity index is 1330. The molecule has 40 heavy (non-hydrogen) atoms. The maximum absolute atomic E-state index is 13.5. The molecule has 5 rings (SSSR count). The van der Waals surface area contributed by atoms with Gasteiger partial charge in [-0.3, -0.25) is 9.69 Å². The van der Waals surface area contributed by atoms with Gasteiger partial charge in [0.15, 0.2) is 0 Å². The number of thioether (sulfide) groups is 1. The lowest BCUT2D eigenvalue weighted by Crippen LogP contribution is -2.55. The lowest BCUT2D eigenvalue weighted by molar-refractivity contribution is -0.139. The summed E-state index contributed by atoms with van der Waals surface area (Å²) in [6, 6.07) is 24.8. The molecule has 2 aliphatic carbocycles. The predicted molar refractivity (Wildman–Crippen MR) is 164 cm³/mol. The zero-order valence-electron chi connectivity index (χ0n) is 23.6. The van der Waals surface area contributed by atoms with Crippen LogP contribution in [0.25, 0.3) is 11.1 Å². The van der Waals surface area contributed by atoms with Gasteiger partial charge in [-0.1, -0.05) is 60.7 Å². The number of rotatable bonds is 13. The third kappa shape index (κ3) is 6.45. The van der Waals surface area contributed by atoms with Crippen LogP contribution in [-0.4, -0.2) is 51.5 Å². The number of nitrogens with one attached hydrogen (secondary N) is 1. The standard InChI is InChI=1S/C34H40N2O3S/c1-24-9-6-7-12-28(24)30-21-26(13-16-29(30)32(37)35-31(33(38)39)17-20-40-2)23-36(27-14-15-27)34(18-8-19-34)22-25-10-4-3-5-11-25/h3-7,9-13,16,21,27,31H,8,14-15,17-20,22-23H2,1-2H3,(H,35,37)(H,38,39). The molecule has 210 valence electrons. The van der Waals surface area contributed by atoms with E-state index in [0.29, 0.717) is 23.8 Å². The van der Waals surface area contributed by atoms with E-state index < -0.39 is 12.0 Å². The van der Waals surface area contributed by atoms with Crippen molar-refractivity contribution < 1.29 is 14.7 Å². The first kappa shape index (κ1) is 28.4. The first-order valence-electron chi connectivity index (χ1n) is 14.4. The van der Waals surface area contributed by atoms with Crippen molar-refractivity contribution >= 4 is 23.6 Å². The fraction of sp³-hybridized carbons (Fsp3) is 0.412. The number of carboxylic acid groups (broad SMARTS) is 1. The normalized spacial score (nSPS) is 16.8. The Morgan fingerprint density at radius 1 is 1.00 bits per heavy atom. The third-order valence-electron chi connectivity index (χ3n) is 8.59. The van der Waals surface area contributed by atoms with E-state index in [1.807, 2.05) is 24.5 Å². The van der Waals surface area contributed by atoms with Gasteiger partial charge < -0.3 is 10.4 Å². The van der Waals surface area contributed by atoms with Gasteiger partial charge in [0.05, 0.1) is 0 Å². The van der Waals surface area contributed by atoms with Crippen LogP contribution in [0.3, 0.4) is 0 Å². The summed E-state index contributed by atoms with van der Waals surface area (Å²) in [4.78, 5) is 28.1. The van der Waals surface area contributed by atoms with Crippen LogP contribution in [0.1, 0.15) is 65.6 Å². The Kier molecular flexibility index (Phi) is 8.97. The van der Waals surface area contributed by atoms with Gasteiger partial charge in [-0.25, -0.2) is 4.79 Å². The van der Waals surface area contributed by atoms with Crippen molar-refractivity contribution in [1.29, 1.82) is 0 Å². The minimum atomic E-state index is -0.999. The Morgan fingerprint density at radius 2 is 1.73 bits per heavy atom. The number of benzene rings is 3. The smallest absolute Gasteiger partial charge is 0.326 e. The van der Waals surface area contributed by atoms with Gasteiger partial charge in [0.25, 0.3) is 5.91 Å². The van der Waals surface area contributed by atoms with Crippen molar-refractivity contribution in [2.75, 3.05) is 12.0 Å². The lowest BCUT2D eigenvalue weighted by Gasteiger charge is -2.51. The van der Waals surface area contributed by atoms with Crippen molar-refractivity contribution in [2.45, 2.75) is 76.0 Å². The van der Waals surface area contributed by atoms with E-state index in [1.165, 1.54) is 43.2 Å². The molecule has 0 spiro atoms. The number of aliphatic carboxylic acids is 1. The number of amides is 1. The first-order chi connectivity index (χ1) is 19.4. The maximum atomic E-state index is 13.5. The van der Waals surface area contributed by atoms with E-state index in [9.17, 15) is 14.7 Å². The molecular formula is C34H40N2O3S. The van der Waals surface area contributed by atoms with Crippen LogP contribution in [0.5, 0.6) is 0 Å². The minimum Gasteiger partial charge on any atom is -0.480 e. The second-order valence-corrected chi connectivity index (χ2v) is 12.4. The number of carbonyl (C=O) groups excluding carboxylic acids is 1. The molecular weight excluding hydrogens is 516 g/mol. The molecule has 5 nitrogen and oxygen atoms in total. The Morgan fingerprint density at radius 3 is 2.35 bits per heavy atom. The predicted octanol–water partition coefficient (Wildman–Crippen LogP) is 6.73. The second-order valence-electron chi connectivity index (χ2n) is 11.4. The van der Waals surface area contributed by atoms with Crippen LogP contribution < -0.4 is 5.32 Å². The van der Waals surface area contributed by atoms with Crippen LogP contribution in [0.2, 0.25) is 0 Å². The molecule has 6 heteroatoms. The zero-order chi connectivity index (χ0) is 28.1. The Labute approximate surface area is 242 Å². The highest BCUT2D eigenvalue weighted by atomic mass is 32.2. The summed E-state index contributed by atoms with van der Waals surface area (Å²) in [5.74, 6) is -0.666. The van der Waals surface area contributed by atoms with Crippen molar-refractivity contribution in [3.05, 3.63) is 95.1 Å². The summed E-state index contributed by atoms with van der Waals surface area (Å²) < 4.78 is 0. The largest absolute Gasteiger partial charge is 0.480 e. The molecule has 0 bridgehead atoms. The van der Waals surface area contributed by atoms with Gasteiger partial charge >= 0.3 is 5.97 Å². The molecule has 0 radical (unpaired) electrons. The molecule has 0 saturated heterocycles. The summed E-state index contributed by atoms with van der Waals surface area (Å²) in [6.07, 6.45) is 9.59. The van der Waals surface area contributed by atoms with Crippen molar-refractivity contribution in [1.82, 2.24) is 10.2 Å². The number of aryl methyl sites for hydroxylation is 1. The quantitative estimate of drug-likeness (QED) is 0.244. The van der Waals surface area contributed by atoms with Gasteiger partial charge in [0.1, 0.15) is 6.04 Å². The zero-order valence-corrected chi connectivity index (χ0v) is 24.4. The molecule has 2 N–H and O–H groups in total. The summed E-state index contributed by atoms with van der Waals surface area (Å²) in [5.41, 5.74) is 6.26. The Hall–Kier alpha value is -3.09. The van der Waals surface area contributed by atoms with Crippen LogP contribution in [0.15, 0.2) is 72.8 Å². The van der Waals surface area contributed by atoms with E-state index in [4.69, 9.17) is 0 Å². The fourth-order valence-corrected chi connectivity index (χ4v) is 6.58. The van der Waals surface area contributed by atoms with Crippen molar-refractivity contribution in [2.24, 2.45) is 0 Å². The first-order valence-corrected chi connectivity index (χ1v) is 15.8. The molecule has 2 saturated carbocycles. The lowest BCUT2D eigenvalue weighted by atomic mass is 9.71. The molecule has 1 unspecified atom stereocenters. The summed E-state index contributed by atoms with van der Waals surface area (Å²) in [7, 11) is 0. The van der Waals surface area contributed by atoms with Gasteiger partial charge in [-0.05, 0) is 104 Å². The molecule has 2 fully saturated rings. The molecule has 1 atom stereocenters. The van der Waals surface area contributed by atoms with E-state index >= 15 is 0 Å². The average molecular weight is 557 g/mol. The van der Waals surface area contributed by atoms with Gasteiger partial charge in [-0.2, -0.15) is 11.8 Å². The highest BCUT2D eigenvalue weighted by Gasteiger charge is 2.47. The van der Waals surface area contributed by atoms with E-state index in [1.54, 1.807) is 11.8 Å². The molecule has 0 heterocycles. The molecule has 2 aliphatic rings. The summed E-state index contributed by atoms with van der Waals surface area (Å²) >= 11 is 1.58. The summed E-state index contributed by atoms with van der Waals surface area (Å²) in [5, 5.41) is 12.5. The number of carbonyl (C=O) groups is 2. The topological polar surface area (TPSA) is 69.6 Å². The monoisotopic (exact) mass is 556 g/mol.